The summed E-state index contributed by atoms with van der Waals surface area (Å²) in [5.41, 5.74) is 1.89. The van der Waals surface area contributed by atoms with E-state index in [4.69, 9.17) is 4.74 Å². The van der Waals surface area contributed by atoms with Crippen molar-refractivity contribution < 1.29 is 19.4 Å². The minimum Gasteiger partial charge on any atom is -0.481 e. The number of aliphatic carboxylic acids is 1. The van der Waals surface area contributed by atoms with Crippen molar-refractivity contribution in [3.8, 4) is 5.75 Å². The molecule has 0 unspecified atom stereocenters. The highest BCUT2D eigenvalue weighted by atomic mass is 16.5. The largest absolute Gasteiger partial charge is 0.481 e. The maximum atomic E-state index is 13.1. The molecule has 0 spiro atoms. The summed E-state index contributed by atoms with van der Waals surface area (Å²) in [5, 5.41) is 12.0. The van der Waals surface area contributed by atoms with Crippen molar-refractivity contribution >= 4 is 22.7 Å². The van der Waals surface area contributed by atoms with E-state index < -0.39 is 11.9 Å². The van der Waals surface area contributed by atoms with Gasteiger partial charge in [-0.1, -0.05) is 97.1 Å². The standard InChI is InChI=1S/C29H24O4/c30-25(33-24-17-9-15-19-10-7-8-16-22(19)24)18-23-26(20-11-3-1-4-12-20)28(29(31)32)27(23)21-13-5-2-6-14-21/h1-17,23,26-28H,18H2,(H,31,32)/t23-,26-,27-,28+/m0/s1. The van der Waals surface area contributed by atoms with Gasteiger partial charge in [0.1, 0.15) is 5.75 Å². The Labute approximate surface area is 192 Å². The summed E-state index contributed by atoms with van der Waals surface area (Å²) < 4.78 is 5.81. The second kappa shape index (κ2) is 8.91. The summed E-state index contributed by atoms with van der Waals surface area (Å²) in [5.74, 6) is -1.93. The number of rotatable bonds is 6. The molecule has 33 heavy (non-hydrogen) atoms. The molecule has 1 aliphatic carbocycles. The third kappa shape index (κ3) is 4.00. The first-order valence-corrected chi connectivity index (χ1v) is 11.1. The minimum atomic E-state index is -0.837. The summed E-state index contributed by atoms with van der Waals surface area (Å²) in [4.78, 5) is 25.4. The Morgan fingerprint density at radius 1 is 0.697 bits per heavy atom. The lowest BCUT2D eigenvalue weighted by Crippen LogP contribution is -2.48. The van der Waals surface area contributed by atoms with E-state index in [-0.39, 0.29) is 30.1 Å². The Morgan fingerprint density at radius 2 is 1.24 bits per heavy atom. The number of esters is 1. The average Bonchev–Trinajstić information content (AvgIpc) is 2.83. The molecule has 0 radical (unpaired) electrons. The van der Waals surface area contributed by atoms with Crippen LogP contribution in [0.3, 0.4) is 0 Å². The maximum absolute atomic E-state index is 13.1. The molecule has 1 fully saturated rings. The maximum Gasteiger partial charge on any atom is 0.311 e. The van der Waals surface area contributed by atoms with Crippen LogP contribution in [0.15, 0.2) is 103 Å². The Kier molecular flexibility index (Phi) is 5.66. The highest BCUT2D eigenvalue weighted by molar-refractivity contribution is 5.90. The molecular formula is C29H24O4. The van der Waals surface area contributed by atoms with Crippen molar-refractivity contribution in [2.24, 2.45) is 11.8 Å². The Bertz CT molecular complexity index is 1230. The zero-order valence-electron chi connectivity index (χ0n) is 18.0. The number of fused-ring (bicyclic) bond motifs is 1. The molecule has 2 atom stereocenters. The number of carboxylic acid groups (broad SMARTS) is 1. The van der Waals surface area contributed by atoms with Crippen molar-refractivity contribution in [2.45, 2.75) is 18.3 Å². The first-order chi connectivity index (χ1) is 16.1. The number of benzene rings is 4. The van der Waals surface area contributed by atoms with E-state index in [2.05, 4.69) is 0 Å². The molecule has 1 saturated carbocycles. The van der Waals surface area contributed by atoms with Gasteiger partial charge in [-0.3, -0.25) is 9.59 Å². The van der Waals surface area contributed by atoms with E-state index >= 15 is 0 Å². The van der Waals surface area contributed by atoms with Gasteiger partial charge in [-0.2, -0.15) is 0 Å². The lowest BCUT2D eigenvalue weighted by Gasteiger charge is -2.50. The molecule has 0 aromatic heterocycles. The molecule has 0 aliphatic heterocycles. The summed E-state index contributed by atoms with van der Waals surface area (Å²) >= 11 is 0. The zero-order chi connectivity index (χ0) is 22.8. The molecule has 0 bridgehead atoms. The van der Waals surface area contributed by atoms with E-state index in [0.717, 1.165) is 21.9 Å². The van der Waals surface area contributed by atoms with Crippen LogP contribution < -0.4 is 4.74 Å². The van der Waals surface area contributed by atoms with Gasteiger partial charge in [-0.25, -0.2) is 0 Å². The van der Waals surface area contributed by atoms with Gasteiger partial charge in [0.2, 0.25) is 0 Å². The number of carboxylic acids is 1. The molecule has 4 aromatic carbocycles. The molecule has 0 heterocycles. The highest BCUT2D eigenvalue weighted by Crippen LogP contribution is 2.59. The SMILES string of the molecule is O=C(C[C@H]1[C@H](c2ccccc2)[C@@H](C(=O)O)[C@H]1c1ccccc1)Oc1cccc2ccccc12. The average molecular weight is 437 g/mol. The van der Waals surface area contributed by atoms with Crippen LogP contribution in [0.5, 0.6) is 5.75 Å². The van der Waals surface area contributed by atoms with E-state index in [1.165, 1.54) is 0 Å². The van der Waals surface area contributed by atoms with Gasteiger partial charge in [0, 0.05) is 23.6 Å². The summed E-state index contributed by atoms with van der Waals surface area (Å²) in [7, 11) is 0. The fraction of sp³-hybridized carbons (Fsp3) is 0.172. The van der Waals surface area contributed by atoms with Crippen LogP contribution in [0.25, 0.3) is 10.8 Å². The van der Waals surface area contributed by atoms with Crippen LogP contribution in [0, 0.1) is 11.8 Å². The quantitative estimate of drug-likeness (QED) is 0.296. The summed E-state index contributed by atoms with van der Waals surface area (Å²) in [6.45, 7) is 0. The Morgan fingerprint density at radius 3 is 1.85 bits per heavy atom. The number of ether oxygens (including phenoxy) is 1. The van der Waals surface area contributed by atoms with Crippen LogP contribution in [0.4, 0.5) is 0 Å². The lowest BCUT2D eigenvalue weighted by molar-refractivity contribution is -0.153. The van der Waals surface area contributed by atoms with Crippen molar-refractivity contribution in [1.82, 2.24) is 0 Å². The number of carbonyl (C=O) groups is 2. The van der Waals surface area contributed by atoms with Gasteiger partial charge in [-0.15, -0.1) is 0 Å². The monoisotopic (exact) mass is 436 g/mol. The predicted molar refractivity (Wildman–Crippen MR) is 127 cm³/mol. The first kappa shape index (κ1) is 21.0. The van der Waals surface area contributed by atoms with Crippen molar-refractivity contribution in [2.75, 3.05) is 0 Å². The van der Waals surface area contributed by atoms with Gasteiger partial charge in [0.15, 0.2) is 0 Å². The minimum absolute atomic E-state index is 0.145. The van der Waals surface area contributed by atoms with Crippen LogP contribution in [-0.2, 0) is 9.59 Å². The molecule has 5 rings (SSSR count). The van der Waals surface area contributed by atoms with Gasteiger partial charge < -0.3 is 9.84 Å². The Hall–Kier alpha value is -3.92. The second-order valence-electron chi connectivity index (χ2n) is 8.56. The molecule has 4 heteroatoms. The van der Waals surface area contributed by atoms with Gasteiger partial charge >= 0.3 is 11.9 Å². The molecule has 0 amide bonds. The van der Waals surface area contributed by atoms with Gasteiger partial charge in [0.25, 0.3) is 0 Å². The molecule has 1 N–H and O–H groups in total. The second-order valence-corrected chi connectivity index (χ2v) is 8.56. The number of hydrogen-bond acceptors (Lipinski definition) is 3. The molecule has 4 nitrogen and oxygen atoms in total. The third-order valence-electron chi connectivity index (χ3n) is 6.73. The van der Waals surface area contributed by atoms with Crippen LogP contribution in [0.1, 0.15) is 29.4 Å². The smallest absolute Gasteiger partial charge is 0.311 e. The molecular weight excluding hydrogens is 412 g/mol. The van der Waals surface area contributed by atoms with E-state index in [1.54, 1.807) is 6.07 Å². The van der Waals surface area contributed by atoms with Crippen molar-refractivity contribution in [3.63, 3.8) is 0 Å². The zero-order valence-corrected chi connectivity index (χ0v) is 18.0. The van der Waals surface area contributed by atoms with Crippen LogP contribution in [-0.4, -0.2) is 17.0 Å². The number of hydrogen-bond donors (Lipinski definition) is 1. The van der Waals surface area contributed by atoms with Crippen molar-refractivity contribution in [1.29, 1.82) is 0 Å². The highest BCUT2D eigenvalue weighted by Gasteiger charge is 2.55. The molecule has 4 aromatic rings. The number of carbonyl (C=O) groups excluding carboxylic acids is 1. The van der Waals surface area contributed by atoms with Gasteiger partial charge in [-0.05, 0) is 28.5 Å². The topological polar surface area (TPSA) is 63.6 Å². The summed E-state index contributed by atoms with van der Waals surface area (Å²) in [6.07, 6.45) is 0.145. The fourth-order valence-corrected chi connectivity index (χ4v) is 5.30. The Balaban J connectivity index is 1.46. The van der Waals surface area contributed by atoms with Crippen LogP contribution in [0.2, 0.25) is 0 Å². The first-order valence-electron chi connectivity index (χ1n) is 11.1. The third-order valence-corrected chi connectivity index (χ3v) is 6.73. The van der Waals surface area contributed by atoms with E-state index in [9.17, 15) is 14.7 Å². The van der Waals surface area contributed by atoms with Crippen LogP contribution >= 0.6 is 0 Å². The molecule has 1 aliphatic rings. The van der Waals surface area contributed by atoms with Crippen molar-refractivity contribution in [3.05, 3.63) is 114 Å². The lowest BCUT2D eigenvalue weighted by atomic mass is 9.51. The normalized spacial score (nSPS) is 21.8. The predicted octanol–water partition coefficient (Wildman–Crippen LogP) is 6.03. The molecule has 0 saturated heterocycles. The molecule has 164 valence electrons. The van der Waals surface area contributed by atoms with Gasteiger partial charge in [0.05, 0.1) is 5.92 Å². The van der Waals surface area contributed by atoms with E-state index in [1.807, 2.05) is 97.1 Å². The fourth-order valence-electron chi connectivity index (χ4n) is 5.30. The summed E-state index contributed by atoms with van der Waals surface area (Å²) in [6, 6.07) is 32.7. The van der Waals surface area contributed by atoms with E-state index in [0.29, 0.717) is 5.75 Å².